The minimum Gasteiger partial charge on any atom is -0.0622 e. The molecule has 0 amide bonds. The molecule has 0 aliphatic rings. The Kier molecular flexibility index (Phi) is 3.56. The molecule has 0 bridgehead atoms. The van der Waals surface area contributed by atoms with Crippen molar-refractivity contribution in [1.29, 1.82) is 0 Å². The van der Waals surface area contributed by atoms with E-state index in [1.54, 1.807) is 0 Å². The Bertz CT molecular complexity index is 441. The standard InChI is InChI=1S/C14H11I/c15-14-10-8-13(9-11-14)7-6-12-4-2-1-3-5-12/h1-11H. The Hall–Kier alpha value is -1.09. The van der Waals surface area contributed by atoms with Crippen LogP contribution in [0, 0.1) is 3.57 Å². The molecule has 0 aliphatic heterocycles. The highest BCUT2D eigenvalue weighted by Crippen LogP contribution is 2.10. The molecule has 2 aromatic rings. The van der Waals surface area contributed by atoms with Gasteiger partial charge in [-0.2, -0.15) is 0 Å². The van der Waals surface area contributed by atoms with Crippen molar-refractivity contribution in [3.05, 3.63) is 69.3 Å². The van der Waals surface area contributed by atoms with Gasteiger partial charge in [-0.25, -0.2) is 0 Å². The summed E-state index contributed by atoms with van der Waals surface area (Å²) in [6.07, 6.45) is 4.26. The van der Waals surface area contributed by atoms with Crippen LogP contribution in [0.2, 0.25) is 0 Å². The van der Waals surface area contributed by atoms with Crippen molar-refractivity contribution >= 4 is 34.7 Å². The Balaban J connectivity index is 2.15. The lowest BCUT2D eigenvalue weighted by atomic mass is 10.1. The van der Waals surface area contributed by atoms with Crippen LogP contribution in [0.25, 0.3) is 12.2 Å². The summed E-state index contributed by atoms with van der Waals surface area (Å²) in [7, 11) is 0. The average Bonchev–Trinajstić information content (AvgIpc) is 2.30. The van der Waals surface area contributed by atoms with Gasteiger partial charge in [-0.05, 0) is 45.9 Å². The van der Waals surface area contributed by atoms with Crippen molar-refractivity contribution in [3.8, 4) is 0 Å². The molecule has 74 valence electrons. The Morgan fingerprint density at radius 3 is 1.80 bits per heavy atom. The van der Waals surface area contributed by atoms with Crippen LogP contribution in [-0.2, 0) is 0 Å². The first-order valence-corrected chi connectivity index (χ1v) is 5.91. The van der Waals surface area contributed by atoms with Crippen LogP contribution < -0.4 is 0 Å². The molecule has 2 rings (SSSR count). The lowest BCUT2D eigenvalue weighted by Crippen LogP contribution is -1.73. The molecule has 0 saturated carbocycles. The molecule has 2 aromatic carbocycles. The fraction of sp³-hybridized carbons (Fsp3) is 0. The van der Waals surface area contributed by atoms with E-state index in [1.807, 2.05) is 18.2 Å². The van der Waals surface area contributed by atoms with E-state index in [9.17, 15) is 0 Å². The average molecular weight is 306 g/mol. The summed E-state index contributed by atoms with van der Waals surface area (Å²) in [5.41, 5.74) is 2.47. The predicted octanol–water partition coefficient (Wildman–Crippen LogP) is 4.46. The summed E-state index contributed by atoms with van der Waals surface area (Å²) in [6, 6.07) is 18.8. The highest BCUT2D eigenvalue weighted by Gasteiger charge is 1.87. The number of benzene rings is 2. The molecule has 0 heterocycles. The molecule has 15 heavy (non-hydrogen) atoms. The normalized spacial score (nSPS) is 10.7. The van der Waals surface area contributed by atoms with Crippen LogP contribution >= 0.6 is 22.6 Å². The molecule has 0 spiro atoms. The van der Waals surface area contributed by atoms with Gasteiger partial charge < -0.3 is 0 Å². The predicted molar refractivity (Wildman–Crippen MR) is 74.5 cm³/mol. The first-order valence-electron chi connectivity index (χ1n) is 4.83. The van der Waals surface area contributed by atoms with Gasteiger partial charge in [0, 0.05) is 3.57 Å². The van der Waals surface area contributed by atoms with Crippen LogP contribution in [0.1, 0.15) is 11.1 Å². The van der Waals surface area contributed by atoms with Gasteiger partial charge in [0.25, 0.3) is 0 Å². The summed E-state index contributed by atoms with van der Waals surface area (Å²) in [4.78, 5) is 0. The molecular weight excluding hydrogens is 295 g/mol. The second-order valence-electron chi connectivity index (χ2n) is 3.30. The first kappa shape index (κ1) is 10.4. The number of rotatable bonds is 2. The lowest BCUT2D eigenvalue weighted by Gasteiger charge is -1.94. The maximum absolute atomic E-state index is 2.31. The monoisotopic (exact) mass is 306 g/mol. The molecule has 0 unspecified atom stereocenters. The van der Waals surface area contributed by atoms with Gasteiger partial charge in [0.05, 0.1) is 0 Å². The van der Waals surface area contributed by atoms with E-state index in [4.69, 9.17) is 0 Å². The summed E-state index contributed by atoms with van der Waals surface area (Å²) >= 11 is 2.31. The zero-order valence-corrected chi connectivity index (χ0v) is 10.4. The molecule has 0 aliphatic carbocycles. The molecule has 0 nitrogen and oxygen atoms in total. The molecule has 0 aromatic heterocycles. The van der Waals surface area contributed by atoms with E-state index < -0.39 is 0 Å². The maximum atomic E-state index is 2.31. The van der Waals surface area contributed by atoms with Gasteiger partial charge in [0.1, 0.15) is 0 Å². The maximum Gasteiger partial charge on any atom is 0.0130 e. The topological polar surface area (TPSA) is 0 Å². The van der Waals surface area contributed by atoms with Gasteiger partial charge in [0.2, 0.25) is 0 Å². The van der Waals surface area contributed by atoms with E-state index in [2.05, 4.69) is 71.1 Å². The largest absolute Gasteiger partial charge is 0.0622 e. The van der Waals surface area contributed by atoms with E-state index in [1.165, 1.54) is 14.7 Å². The number of hydrogen-bond donors (Lipinski definition) is 0. The zero-order chi connectivity index (χ0) is 10.5. The van der Waals surface area contributed by atoms with Crippen LogP contribution in [-0.4, -0.2) is 0 Å². The summed E-state index contributed by atoms with van der Waals surface area (Å²) < 4.78 is 1.27. The fourth-order valence-corrected chi connectivity index (χ4v) is 1.69. The molecule has 0 radical (unpaired) electrons. The molecular formula is C14H11I. The summed E-state index contributed by atoms with van der Waals surface area (Å²) in [5, 5.41) is 0. The molecule has 0 fully saturated rings. The Labute approximate surface area is 104 Å². The van der Waals surface area contributed by atoms with Gasteiger partial charge in [-0.3, -0.25) is 0 Å². The van der Waals surface area contributed by atoms with E-state index in [-0.39, 0.29) is 0 Å². The number of hydrogen-bond acceptors (Lipinski definition) is 0. The smallest absolute Gasteiger partial charge is 0.0130 e. The summed E-state index contributed by atoms with van der Waals surface area (Å²) in [5.74, 6) is 0. The summed E-state index contributed by atoms with van der Waals surface area (Å²) in [6.45, 7) is 0. The van der Waals surface area contributed by atoms with E-state index >= 15 is 0 Å². The zero-order valence-electron chi connectivity index (χ0n) is 8.23. The Morgan fingerprint density at radius 1 is 0.667 bits per heavy atom. The van der Waals surface area contributed by atoms with Crippen LogP contribution in [0.15, 0.2) is 54.6 Å². The van der Waals surface area contributed by atoms with Gasteiger partial charge >= 0.3 is 0 Å². The van der Waals surface area contributed by atoms with E-state index in [0.717, 1.165) is 0 Å². The van der Waals surface area contributed by atoms with Gasteiger partial charge in [-0.1, -0.05) is 54.6 Å². The minimum atomic E-state index is 1.23. The van der Waals surface area contributed by atoms with Crippen molar-refractivity contribution < 1.29 is 0 Å². The van der Waals surface area contributed by atoms with Crippen LogP contribution in [0.5, 0.6) is 0 Å². The number of halogens is 1. The highest BCUT2D eigenvalue weighted by molar-refractivity contribution is 14.1. The molecule has 1 heteroatoms. The first-order chi connectivity index (χ1) is 7.34. The molecule has 0 saturated heterocycles. The lowest BCUT2D eigenvalue weighted by molar-refractivity contribution is 1.61. The SMILES string of the molecule is Ic1ccc(C=Cc2ccccc2)cc1. The molecule has 0 atom stereocenters. The van der Waals surface area contributed by atoms with Crippen molar-refractivity contribution in [2.75, 3.05) is 0 Å². The second-order valence-corrected chi connectivity index (χ2v) is 4.54. The third-order valence-electron chi connectivity index (χ3n) is 2.14. The quantitative estimate of drug-likeness (QED) is 0.567. The minimum absolute atomic E-state index is 1.23. The third kappa shape index (κ3) is 3.20. The van der Waals surface area contributed by atoms with Crippen LogP contribution in [0.3, 0.4) is 0 Å². The van der Waals surface area contributed by atoms with Gasteiger partial charge in [-0.15, -0.1) is 0 Å². The van der Waals surface area contributed by atoms with Gasteiger partial charge in [0.15, 0.2) is 0 Å². The van der Waals surface area contributed by atoms with E-state index in [0.29, 0.717) is 0 Å². The van der Waals surface area contributed by atoms with Crippen molar-refractivity contribution in [2.45, 2.75) is 0 Å². The molecule has 0 N–H and O–H groups in total. The second kappa shape index (κ2) is 5.12. The van der Waals surface area contributed by atoms with Crippen molar-refractivity contribution in [2.24, 2.45) is 0 Å². The fourth-order valence-electron chi connectivity index (χ4n) is 1.33. The third-order valence-corrected chi connectivity index (χ3v) is 2.86. The Morgan fingerprint density at radius 2 is 1.20 bits per heavy atom. The van der Waals surface area contributed by atoms with Crippen molar-refractivity contribution in [3.63, 3.8) is 0 Å². The highest BCUT2D eigenvalue weighted by atomic mass is 127. The van der Waals surface area contributed by atoms with Crippen LogP contribution in [0.4, 0.5) is 0 Å². The van der Waals surface area contributed by atoms with Crippen molar-refractivity contribution in [1.82, 2.24) is 0 Å².